The van der Waals surface area contributed by atoms with E-state index < -0.39 is 10.0 Å². The highest BCUT2D eigenvalue weighted by Gasteiger charge is 2.26. The van der Waals surface area contributed by atoms with Crippen molar-refractivity contribution in [2.24, 2.45) is 0 Å². The molecule has 5 nitrogen and oxygen atoms in total. The van der Waals surface area contributed by atoms with Crippen LogP contribution in [0.4, 0.5) is 11.4 Å². The third-order valence-electron chi connectivity index (χ3n) is 5.19. The number of rotatable bonds is 4. The largest absolute Gasteiger partial charge is 0.308 e. The molecule has 0 unspecified atom stereocenters. The number of benzene rings is 3. The maximum Gasteiger partial charge on any atom is 0.261 e. The summed E-state index contributed by atoms with van der Waals surface area (Å²) in [4.78, 5) is 15.0. The second kappa shape index (κ2) is 7.37. The van der Waals surface area contributed by atoms with E-state index >= 15 is 0 Å². The number of amides is 1. The Labute approximate surface area is 171 Å². The van der Waals surface area contributed by atoms with Crippen molar-refractivity contribution in [1.82, 2.24) is 0 Å². The zero-order valence-corrected chi connectivity index (χ0v) is 17.2. The average molecular weight is 407 g/mol. The summed E-state index contributed by atoms with van der Waals surface area (Å²) in [5, 5.41) is 0. The highest BCUT2D eigenvalue weighted by Crippen LogP contribution is 2.30. The van der Waals surface area contributed by atoms with Crippen LogP contribution in [0.5, 0.6) is 0 Å². The molecule has 1 N–H and O–H groups in total. The van der Waals surface area contributed by atoms with E-state index in [9.17, 15) is 13.2 Å². The van der Waals surface area contributed by atoms with Crippen LogP contribution in [0.15, 0.2) is 71.6 Å². The van der Waals surface area contributed by atoms with Crippen molar-refractivity contribution >= 4 is 27.3 Å². The van der Waals surface area contributed by atoms with Gasteiger partial charge in [-0.25, -0.2) is 8.42 Å². The zero-order valence-electron chi connectivity index (χ0n) is 16.3. The lowest BCUT2D eigenvalue weighted by Crippen LogP contribution is -2.29. The van der Waals surface area contributed by atoms with E-state index in [4.69, 9.17) is 0 Å². The minimum atomic E-state index is -3.74. The monoisotopic (exact) mass is 406 g/mol. The predicted molar refractivity (Wildman–Crippen MR) is 115 cm³/mol. The van der Waals surface area contributed by atoms with Gasteiger partial charge in [0.1, 0.15) is 0 Å². The van der Waals surface area contributed by atoms with Gasteiger partial charge in [-0.3, -0.25) is 9.52 Å². The molecule has 0 aliphatic carbocycles. The number of aryl methyl sites for hydroxylation is 2. The molecule has 0 radical (unpaired) electrons. The van der Waals surface area contributed by atoms with Crippen LogP contribution in [0.3, 0.4) is 0 Å². The fourth-order valence-electron chi connectivity index (χ4n) is 3.49. The molecule has 0 aromatic heterocycles. The minimum Gasteiger partial charge on any atom is -0.308 e. The fraction of sp³-hybridized carbons (Fsp3) is 0.174. The molecule has 1 aliphatic heterocycles. The van der Waals surface area contributed by atoms with Gasteiger partial charge in [-0.2, -0.15) is 0 Å². The van der Waals surface area contributed by atoms with Gasteiger partial charge < -0.3 is 4.90 Å². The van der Waals surface area contributed by atoms with E-state index in [-0.39, 0.29) is 10.8 Å². The number of sulfonamides is 1. The SMILES string of the molecule is Cc1ccc(S(=O)(=O)Nc2cc(C(=O)N3CCc4ccccc43)ccc2C)cc1. The van der Waals surface area contributed by atoms with Gasteiger partial charge in [-0.1, -0.05) is 42.0 Å². The van der Waals surface area contributed by atoms with Crippen molar-refractivity contribution in [3.05, 3.63) is 89.0 Å². The summed E-state index contributed by atoms with van der Waals surface area (Å²) in [7, 11) is -3.74. The lowest BCUT2D eigenvalue weighted by Gasteiger charge is -2.18. The smallest absolute Gasteiger partial charge is 0.261 e. The average Bonchev–Trinajstić information content (AvgIpc) is 3.13. The predicted octanol–water partition coefficient (Wildman–Crippen LogP) is 4.31. The normalized spacial score (nSPS) is 13.2. The van der Waals surface area contributed by atoms with Crippen LogP contribution in [0.2, 0.25) is 0 Å². The molecule has 0 saturated heterocycles. The quantitative estimate of drug-likeness (QED) is 0.702. The first-order valence-corrected chi connectivity index (χ1v) is 10.9. The molecule has 6 heteroatoms. The van der Waals surface area contributed by atoms with E-state index in [1.54, 1.807) is 47.4 Å². The number of nitrogens with one attached hydrogen (secondary N) is 1. The molecular formula is C23H22N2O3S. The molecule has 0 saturated carbocycles. The molecule has 4 rings (SSSR count). The van der Waals surface area contributed by atoms with Gasteiger partial charge in [0.05, 0.1) is 10.6 Å². The van der Waals surface area contributed by atoms with Crippen molar-refractivity contribution in [3.8, 4) is 0 Å². The fourth-order valence-corrected chi connectivity index (χ4v) is 4.61. The van der Waals surface area contributed by atoms with Crippen molar-refractivity contribution in [3.63, 3.8) is 0 Å². The van der Waals surface area contributed by atoms with E-state index in [2.05, 4.69) is 4.72 Å². The summed E-state index contributed by atoms with van der Waals surface area (Å²) in [5.41, 5.74) is 4.66. The van der Waals surface area contributed by atoms with Gasteiger partial charge in [0.2, 0.25) is 0 Å². The highest BCUT2D eigenvalue weighted by atomic mass is 32.2. The molecule has 0 bridgehead atoms. The van der Waals surface area contributed by atoms with Crippen molar-refractivity contribution in [1.29, 1.82) is 0 Å². The first kappa shape index (κ1) is 19.2. The summed E-state index contributed by atoms with van der Waals surface area (Å²) in [6, 6.07) is 19.6. The second-order valence-electron chi connectivity index (χ2n) is 7.28. The molecule has 0 atom stereocenters. The maximum absolute atomic E-state index is 13.1. The Morgan fingerprint density at radius 1 is 0.966 bits per heavy atom. The molecule has 3 aromatic carbocycles. The molecule has 1 aliphatic rings. The molecule has 29 heavy (non-hydrogen) atoms. The van der Waals surface area contributed by atoms with Gasteiger partial charge in [-0.15, -0.1) is 0 Å². The van der Waals surface area contributed by atoms with E-state index in [1.165, 1.54) is 0 Å². The molecule has 0 spiro atoms. The van der Waals surface area contributed by atoms with Crippen molar-refractivity contribution in [2.75, 3.05) is 16.2 Å². The number of para-hydroxylation sites is 1. The minimum absolute atomic E-state index is 0.134. The second-order valence-corrected chi connectivity index (χ2v) is 8.97. The zero-order chi connectivity index (χ0) is 20.6. The number of anilines is 2. The summed E-state index contributed by atoms with van der Waals surface area (Å²) < 4.78 is 28.1. The third-order valence-corrected chi connectivity index (χ3v) is 6.57. The Bertz CT molecular complexity index is 1180. The standard InChI is InChI=1S/C23H22N2O3S/c1-16-7-11-20(12-8-16)29(27,28)24-21-15-19(10-9-17(21)2)23(26)25-14-13-18-5-3-4-6-22(18)25/h3-12,15,24H,13-14H2,1-2H3. The van der Waals surface area contributed by atoms with Crippen LogP contribution in [0.1, 0.15) is 27.0 Å². The van der Waals surface area contributed by atoms with E-state index in [0.29, 0.717) is 17.8 Å². The molecule has 1 heterocycles. The van der Waals surface area contributed by atoms with Crippen LogP contribution in [0.25, 0.3) is 0 Å². The van der Waals surface area contributed by atoms with Gasteiger partial charge in [0.15, 0.2) is 0 Å². The summed E-state index contributed by atoms with van der Waals surface area (Å²) in [6.45, 7) is 4.34. The van der Waals surface area contributed by atoms with Gasteiger partial charge in [-0.05, 0) is 61.7 Å². The Morgan fingerprint density at radius 3 is 2.45 bits per heavy atom. The lowest BCUT2D eigenvalue weighted by molar-refractivity contribution is 0.0989. The van der Waals surface area contributed by atoms with Crippen LogP contribution in [-0.2, 0) is 16.4 Å². The number of hydrogen-bond donors (Lipinski definition) is 1. The lowest BCUT2D eigenvalue weighted by atomic mass is 10.1. The molecule has 1 amide bonds. The number of hydrogen-bond acceptors (Lipinski definition) is 3. The number of fused-ring (bicyclic) bond motifs is 1. The van der Waals surface area contributed by atoms with Crippen LogP contribution < -0.4 is 9.62 Å². The maximum atomic E-state index is 13.1. The Kier molecular flexibility index (Phi) is 4.88. The van der Waals surface area contributed by atoms with Gasteiger partial charge in [0, 0.05) is 17.8 Å². The Hall–Kier alpha value is -3.12. The topological polar surface area (TPSA) is 66.5 Å². The molecule has 148 valence electrons. The van der Waals surface area contributed by atoms with Crippen molar-refractivity contribution in [2.45, 2.75) is 25.2 Å². The molecule has 3 aromatic rings. The van der Waals surface area contributed by atoms with Crippen LogP contribution in [-0.4, -0.2) is 20.9 Å². The van der Waals surface area contributed by atoms with Crippen molar-refractivity contribution < 1.29 is 13.2 Å². The molecule has 0 fully saturated rings. The Balaban J connectivity index is 1.63. The highest BCUT2D eigenvalue weighted by molar-refractivity contribution is 7.92. The summed E-state index contributed by atoms with van der Waals surface area (Å²) >= 11 is 0. The van der Waals surface area contributed by atoms with Gasteiger partial charge in [0.25, 0.3) is 15.9 Å². The first-order chi connectivity index (χ1) is 13.8. The van der Waals surface area contributed by atoms with E-state index in [0.717, 1.165) is 28.8 Å². The van der Waals surface area contributed by atoms with Crippen LogP contribution in [0, 0.1) is 13.8 Å². The van der Waals surface area contributed by atoms with Gasteiger partial charge >= 0.3 is 0 Å². The number of carbonyl (C=O) groups excluding carboxylic acids is 1. The molecular weight excluding hydrogens is 384 g/mol. The summed E-state index contributed by atoms with van der Waals surface area (Å²) in [6.07, 6.45) is 0.820. The third kappa shape index (κ3) is 3.76. The number of nitrogens with zero attached hydrogens (tertiary/aromatic N) is 1. The summed E-state index contributed by atoms with van der Waals surface area (Å²) in [5.74, 6) is -0.134. The van der Waals surface area contributed by atoms with E-state index in [1.807, 2.05) is 38.1 Å². The van der Waals surface area contributed by atoms with Crippen LogP contribution >= 0.6 is 0 Å². The Morgan fingerprint density at radius 2 is 1.69 bits per heavy atom. The number of carbonyl (C=O) groups is 1. The first-order valence-electron chi connectivity index (χ1n) is 9.45.